The molecular formula is C20H23N3O4. The molecule has 0 unspecified atom stereocenters. The maximum Gasteiger partial charge on any atom is 0.271 e. The summed E-state index contributed by atoms with van der Waals surface area (Å²) in [4.78, 5) is 22.9. The quantitative estimate of drug-likeness (QED) is 0.259. The van der Waals surface area contributed by atoms with Gasteiger partial charge in [-0.15, -0.1) is 0 Å². The van der Waals surface area contributed by atoms with Crippen LogP contribution in [0.3, 0.4) is 0 Å². The van der Waals surface area contributed by atoms with Crippen molar-refractivity contribution in [2.45, 2.75) is 25.7 Å². The summed E-state index contributed by atoms with van der Waals surface area (Å²) in [5, 5.41) is 12.3. The predicted octanol–water partition coefficient (Wildman–Crippen LogP) is 2.90. The van der Waals surface area contributed by atoms with Crippen LogP contribution in [0.15, 0.2) is 59.7 Å². The Labute approximate surface area is 158 Å². The Hall–Kier alpha value is -3.19. The summed E-state index contributed by atoms with van der Waals surface area (Å²) >= 11 is 0. The van der Waals surface area contributed by atoms with Crippen LogP contribution in [0.1, 0.15) is 41.6 Å². The highest BCUT2D eigenvalue weighted by Gasteiger charge is 2.04. The van der Waals surface area contributed by atoms with Gasteiger partial charge in [0.05, 0.1) is 12.8 Å². The Morgan fingerprint density at radius 3 is 2.44 bits per heavy atom. The van der Waals surface area contributed by atoms with Crippen molar-refractivity contribution in [1.29, 1.82) is 0 Å². The van der Waals surface area contributed by atoms with Gasteiger partial charge < -0.3 is 4.74 Å². The Bertz CT molecular complexity index is 746. The van der Waals surface area contributed by atoms with E-state index in [1.54, 1.807) is 36.0 Å². The average molecular weight is 369 g/mol. The molecule has 0 saturated heterocycles. The number of nitrogens with zero attached hydrogens (tertiary/aromatic N) is 1. The van der Waals surface area contributed by atoms with Crippen molar-refractivity contribution < 1.29 is 19.5 Å². The van der Waals surface area contributed by atoms with Crippen molar-refractivity contribution in [2.75, 3.05) is 6.61 Å². The molecule has 7 nitrogen and oxygen atoms in total. The Morgan fingerprint density at radius 1 is 1.00 bits per heavy atom. The fourth-order valence-electron chi connectivity index (χ4n) is 2.28. The van der Waals surface area contributed by atoms with E-state index in [0.717, 1.165) is 18.4 Å². The number of hydrogen-bond donors (Lipinski definition) is 3. The van der Waals surface area contributed by atoms with E-state index in [2.05, 4.69) is 10.5 Å². The van der Waals surface area contributed by atoms with Crippen molar-refractivity contribution in [3.05, 3.63) is 65.7 Å². The minimum atomic E-state index is -0.377. The molecule has 142 valence electrons. The van der Waals surface area contributed by atoms with E-state index in [4.69, 9.17) is 9.94 Å². The molecule has 0 aliphatic carbocycles. The molecule has 0 bridgehead atoms. The van der Waals surface area contributed by atoms with Gasteiger partial charge in [0.15, 0.2) is 0 Å². The molecule has 27 heavy (non-hydrogen) atoms. The molecule has 0 fully saturated rings. The first-order chi connectivity index (χ1) is 13.2. The van der Waals surface area contributed by atoms with Gasteiger partial charge in [0, 0.05) is 12.0 Å². The van der Waals surface area contributed by atoms with Crippen LogP contribution < -0.4 is 15.6 Å². The Morgan fingerprint density at radius 2 is 1.74 bits per heavy atom. The second-order valence-electron chi connectivity index (χ2n) is 5.83. The van der Waals surface area contributed by atoms with E-state index in [0.29, 0.717) is 30.8 Å². The lowest BCUT2D eigenvalue weighted by atomic mass is 10.2. The highest BCUT2D eigenvalue weighted by molar-refractivity contribution is 5.94. The van der Waals surface area contributed by atoms with Gasteiger partial charge >= 0.3 is 0 Å². The zero-order chi connectivity index (χ0) is 19.3. The summed E-state index contributed by atoms with van der Waals surface area (Å²) in [6.45, 7) is 0.521. The number of amides is 2. The summed E-state index contributed by atoms with van der Waals surface area (Å²) < 4.78 is 5.60. The maximum atomic E-state index is 12.0. The number of unbranched alkanes of at least 4 members (excludes halogenated alkanes) is 2. The molecule has 0 aliphatic rings. The van der Waals surface area contributed by atoms with E-state index in [1.807, 2.05) is 30.3 Å². The first-order valence-electron chi connectivity index (χ1n) is 8.73. The molecule has 0 radical (unpaired) electrons. The molecule has 0 atom stereocenters. The lowest BCUT2D eigenvalue weighted by Gasteiger charge is -2.07. The second-order valence-corrected chi connectivity index (χ2v) is 5.83. The van der Waals surface area contributed by atoms with Crippen molar-refractivity contribution in [3.8, 4) is 5.75 Å². The first kappa shape index (κ1) is 20.1. The SMILES string of the molecule is O=C(CCCCCOc1ccc(C(=O)N/N=C/c2ccccc2)cc1)NO. The molecule has 7 heteroatoms. The van der Waals surface area contributed by atoms with E-state index in [9.17, 15) is 9.59 Å². The Balaban J connectivity index is 1.68. The Kier molecular flexibility index (Phi) is 8.52. The molecular weight excluding hydrogens is 346 g/mol. The normalized spacial score (nSPS) is 10.6. The van der Waals surface area contributed by atoms with Gasteiger partial charge in [-0.2, -0.15) is 5.10 Å². The van der Waals surface area contributed by atoms with Crippen LogP contribution >= 0.6 is 0 Å². The van der Waals surface area contributed by atoms with Gasteiger partial charge in [-0.05, 0) is 49.1 Å². The van der Waals surface area contributed by atoms with Crippen LogP contribution in [-0.2, 0) is 4.79 Å². The largest absolute Gasteiger partial charge is 0.494 e. The highest BCUT2D eigenvalue weighted by atomic mass is 16.5. The third-order valence-electron chi connectivity index (χ3n) is 3.74. The number of benzene rings is 2. The zero-order valence-corrected chi connectivity index (χ0v) is 14.9. The summed E-state index contributed by atoms with van der Waals surface area (Å²) in [7, 11) is 0. The molecule has 2 amide bonds. The summed E-state index contributed by atoms with van der Waals surface area (Å²) in [6, 6.07) is 16.3. The number of carbonyl (C=O) groups excluding carboxylic acids is 2. The minimum absolute atomic E-state index is 0.295. The number of ether oxygens (including phenoxy) is 1. The third kappa shape index (κ3) is 7.70. The van der Waals surface area contributed by atoms with Crippen molar-refractivity contribution in [2.24, 2.45) is 5.10 Å². The average Bonchev–Trinajstić information content (AvgIpc) is 2.71. The minimum Gasteiger partial charge on any atom is -0.494 e. The number of hydrazone groups is 1. The lowest BCUT2D eigenvalue weighted by Crippen LogP contribution is -2.17. The molecule has 0 aromatic heterocycles. The third-order valence-corrected chi connectivity index (χ3v) is 3.74. The second kappa shape index (κ2) is 11.4. The van der Waals surface area contributed by atoms with E-state index in [1.165, 1.54) is 0 Å². The van der Waals surface area contributed by atoms with Crippen LogP contribution in [-0.4, -0.2) is 29.8 Å². The number of rotatable bonds is 10. The van der Waals surface area contributed by atoms with Crippen LogP contribution in [0.4, 0.5) is 0 Å². The van der Waals surface area contributed by atoms with Crippen LogP contribution in [0, 0.1) is 0 Å². The molecule has 2 aromatic rings. The first-order valence-corrected chi connectivity index (χ1v) is 8.73. The lowest BCUT2D eigenvalue weighted by molar-refractivity contribution is -0.129. The molecule has 0 saturated carbocycles. The molecule has 0 heterocycles. The topological polar surface area (TPSA) is 100 Å². The maximum absolute atomic E-state index is 12.0. The number of hydrogen-bond acceptors (Lipinski definition) is 5. The molecule has 0 spiro atoms. The summed E-state index contributed by atoms with van der Waals surface area (Å²) in [5.41, 5.74) is 5.48. The monoisotopic (exact) mass is 369 g/mol. The summed E-state index contributed by atoms with van der Waals surface area (Å²) in [6.07, 6.45) is 4.20. The fraction of sp³-hybridized carbons (Fsp3) is 0.250. The van der Waals surface area contributed by atoms with E-state index < -0.39 is 0 Å². The zero-order valence-electron chi connectivity index (χ0n) is 14.9. The molecule has 2 rings (SSSR count). The predicted molar refractivity (Wildman–Crippen MR) is 102 cm³/mol. The fourth-order valence-corrected chi connectivity index (χ4v) is 2.28. The van der Waals surface area contributed by atoms with Gasteiger partial charge in [-0.3, -0.25) is 14.8 Å². The van der Waals surface area contributed by atoms with Crippen LogP contribution in [0.2, 0.25) is 0 Å². The molecule has 0 aliphatic heterocycles. The smallest absolute Gasteiger partial charge is 0.271 e. The molecule has 3 N–H and O–H groups in total. The number of hydroxylamine groups is 1. The van der Waals surface area contributed by atoms with E-state index in [-0.39, 0.29) is 11.8 Å². The van der Waals surface area contributed by atoms with Crippen LogP contribution in [0.5, 0.6) is 5.75 Å². The van der Waals surface area contributed by atoms with Crippen molar-refractivity contribution >= 4 is 18.0 Å². The number of nitrogens with one attached hydrogen (secondary N) is 2. The van der Waals surface area contributed by atoms with Gasteiger partial charge in [-0.1, -0.05) is 30.3 Å². The molecule has 2 aromatic carbocycles. The van der Waals surface area contributed by atoms with Gasteiger partial charge in [-0.25, -0.2) is 10.9 Å². The number of carbonyl (C=O) groups is 2. The highest BCUT2D eigenvalue weighted by Crippen LogP contribution is 2.13. The standard InChI is InChI=1S/C20H23N3O4/c24-19(23-26)9-5-2-6-14-27-18-12-10-17(11-13-18)20(25)22-21-15-16-7-3-1-4-8-16/h1,3-4,7-8,10-13,15,26H,2,5-6,9,14H2,(H,22,25)(H,23,24)/b21-15+. The van der Waals surface area contributed by atoms with Crippen LogP contribution in [0.25, 0.3) is 0 Å². The van der Waals surface area contributed by atoms with Crippen molar-refractivity contribution in [1.82, 2.24) is 10.9 Å². The summed E-state index contributed by atoms with van der Waals surface area (Å²) in [5.74, 6) is 0.00113. The van der Waals surface area contributed by atoms with Gasteiger partial charge in [0.25, 0.3) is 5.91 Å². The van der Waals surface area contributed by atoms with Gasteiger partial charge in [0.2, 0.25) is 5.91 Å². The van der Waals surface area contributed by atoms with Crippen molar-refractivity contribution in [3.63, 3.8) is 0 Å². The van der Waals surface area contributed by atoms with E-state index >= 15 is 0 Å². The van der Waals surface area contributed by atoms with Gasteiger partial charge in [0.1, 0.15) is 5.75 Å².